The van der Waals surface area contributed by atoms with E-state index in [0.29, 0.717) is 22.9 Å². The van der Waals surface area contributed by atoms with Gasteiger partial charge in [-0.05, 0) is 23.9 Å². The summed E-state index contributed by atoms with van der Waals surface area (Å²) in [4.78, 5) is 3.06. The molecule has 8 heteroatoms. The number of benzene rings is 2. The molecule has 3 aromatic rings. The van der Waals surface area contributed by atoms with Gasteiger partial charge in [0.1, 0.15) is 10.5 Å². The molecule has 0 aliphatic rings. The van der Waals surface area contributed by atoms with Crippen molar-refractivity contribution in [2.24, 2.45) is 0 Å². The van der Waals surface area contributed by atoms with Gasteiger partial charge < -0.3 is 4.42 Å². The van der Waals surface area contributed by atoms with Crippen LogP contribution in [0.4, 0.5) is 17.6 Å². The number of oxazole rings is 1. The van der Waals surface area contributed by atoms with Crippen LogP contribution in [0.25, 0.3) is 11.1 Å². The van der Waals surface area contributed by atoms with Crippen molar-refractivity contribution in [1.29, 1.82) is 0 Å². The molecule has 1 heterocycles. The molecule has 2 nitrogen and oxygen atoms in total. The molecular formula is C13H4ClF4NOS. The van der Waals surface area contributed by atoms with Gasteiger partial charge in [-0.15, -0.1) is 0 Å². The predicted molar refractivity (Wildman–Crippen MR) is 69.4 cm³/mol. The van der Waals surface area contributed by atoms with Crippen LogP contribution in [0, 0.1) is 23.3 Å². The molecule has 1 aromatic heterocycles. The minimum atomic E-state index is -1.66. The van der Waals surface area contributed by atoms with Crippen LogP contribution in [-0.2, 0) is 0 Å². The summed E-state index contributed by atoms with van der Waals surface area (Å²) in [6.07, 6.45) is 0. The molecule has 0 unspecified atom stereocenters. The summed E-state index contributed by atoms with van der Waals surface area (Å²) in [6.45, 7) is 0. The summed E-state index contributed by atoms with van der Waals surface area (Å²) in [5, 5.41) is -1.37. The lowest BCUT2D eigenvalue weighted by Gasteiger charge is -2.06. The summed E-state index contributed by atoms with van der Waals surface area (Å²) in [5.74, 6) is -6.50. The van der Waals surface area contributed by atoms with Crippen molar-refractivity contribution in [3.63, 3.8) is 0 Å². The van der Waals surface area contributed by atoms with Crippen molar-refractivity contribution in [3.05, 3.63) is 52.6 Å². The summed E-state index contributed by atoms with van der Waals surface area (Å²) in [5.41, 5.74) is 0.839. The molecule has 108 valence electrons. The van der Waals surface area contributed by atoms with Gasteiger partial charge in [-0.2, -0.15) is 0 Å². The SMILES string of the molecule is Fc1c(F)c(Sc2nc3ccccc3o2)c(F)c(F)c1Cl. The van der Waals surface area contributed by atoms with E-state index in [1.165, 1.54) is 0 Å². The van der Waals surface area contributed by atoms with E-state index in [4.69, 9.17) is 16.0 Å². The molecule has 0 amide bonds. The number of halogens is 5. The van der Waals surface area contributed by atoms with Crippen LogP contribution >= 0.6 is 23.4 Å². The number of fused-ring (bicyclic) bond motifs is 1. The standard InChI is InChI=1S/C13H4ClF4NOS/c14-7-8(15)10(17)12(11(18)9(7)16)21-13-19-5-3-1-2-4-6(5)20-13/h1-4H. The fraction of sp³-hybridized carbons (Fsp3) is 0. The molecule has 0 N–H and O–H groups in total. The average Bonchev–Trinajstić information content (AvgIpc) is 2.90. The molecule has 0 aliphatic heterocycles. The van der Waals surface area contributed by atoms with E-state index in [9.17, 15) is 17.6 Å². The highest BCUT2D eigenvalue weighted by Gasteiger charge is 2.26. The maximum Gasteiger partial charge on any atom is 0.261 e. The second kappa shape index (κ2) is 5.23. The van der Waals surface area contributed by atoms with Crippen LogP contribution in [0.5, 0.6) is 0 Å². The molecule has 2 aromatic carbocycles. The highest BCUT2D eigenvalue weighted by atomic mass is 35.5. The van der Waals surface area contributed by atoms with Crippen molar-refractivity contribution in [3.8, 4) is 0 Å². The Balaban J connectivity index is 2.09. The maximum absolute atomic E-state index is 13.7. The van der Waals surface area contributed by atoms with Crippen LogP contribution in [0.15, 0.2) is 38.8 Å². The predicted octanol–water partition coefficient (Wildman–Crippen LogP) is 5.19. The third-order valence-corrected chi connectivity index (χ3v) is 3.88. The van der Waals surface area contributed by atoms with Gasteiger partial charge >= 0.3 is 0 Å². The molecule has 0 atom stereocenters. The number of hydrogen-bond donors (Lipinski definition) is 0. The van der Waals surface area contributed by atoms with E-state index in [2.05, 4.69) is 4.98 Å². The van der Waals surface area contributed by atoms with Crippen LogP contribution in [0.2, 0.25) is 5.02 Å². The lowest BCUT2D eigenvalue weighted by molar-refractivity contribution is 0.424. The lowest BCUT2D eigenvalue weighted by atomic mass is 10.3. The third-order valence-electron chi connectivity index (χ3n) is 2.63. The molecular weight excluding hydrogens is 330 g/mol. The first-order chi connectivity index (χ1) is 9.99. The van der Waals surface area contributed by atoms with Crippen LogP contribution in [-0.4, -0.2) is 4.98 Å². The molecule has 0 bridgehead atoms. The Morgan fingerprint density at radius 1 is 0.952 bits per heavy atom. The van der Waals surface area contributed by atoms with Gasteiger partial charge in [0.15, 0.2) is 28.9 Å². The van der Waals surface area contributed by atoms with Gasteiger partial charge in [-0.3, -0.25) is 0 Å². The first-order valence-electron chi connectivity index (χ1n) is 5.54. The zero-order valence-corrected chi connectivity index (χ0v) is 11.5. The van der Waals surface area contributed by atoms with Crippen molar-refractivity contribution < 1.29 is 22.0 Å². The fourth-order valence-corrected chi connectivity index (χ4v) is 2.63. The highest BCUT2D eigenvalue weighted by Crippen LogP contribution is 2.37. The van der Waals surface area contributed by atoms with Gasteiger partial charge in [0.05, 0.1) is 4.90 Å². The Morgan fingerprint density at radius 2 is 1.57 bits per heavy atom. The Labute approximate surface area is 124 Å². The number of aromatic nitrogens is 1. The largest absolute Gasteiger partial charge is 0.431 e. The summed E-state index contributed by atoms with van der Waals surface area (Å²) >= 11 is 5.49. The van der Waals surface area contributed by atoms with Crippen molar-refractivity contribution >= 4 is 34.5 Å². The van der Waals surface area contributed by atoms with Gasteiger partial charge in [0, 0.05) is 0 Å². The monoisotopic (exact) mass is 333 g/mol. The van der Waals surface area contributed by atoms with E-state index in [1.54, 1.807) is 24.3 Å². The molecule has 21 heavy (non-hydrogen) atoms. The number of rotatable bonds is 2. The number of para-hydroxylation sites is 2. The topological polar surface area (TPSA) is 26.0 Å². The minimum absolute atomic E-state index is 0.143. The molecule has 0 aliphatic carbocycles. The second-order valence-electron chi connectivity index (χ2n) is 3.95. The fourth-order valence-electron chi connectivity index (χ4n) is 1.66. The maximum atomic E-state index is 13.7. The van der Waals surface area contributed by atoms with Crippen molar-refractivity contribution in [2.75, 3.05) is 0 Å². The summed E-state index contributed by atoms with van der Waals surface area (Å²) in [7, 11) is 0. The normalized spacial score (nSPS) is 11.3. The van der Waals surface area contributed by atoms with E-state index in [-0.39, 0.29) is 5.22 Å². The van der Waals surface area contributed by atoms with Crippen molar-refractivity contribution in [2.45, 2.75) is 10.1 Å². The highest BCUT2D eigenvalue weighted by molar-refractivity contribution is 7.99. The van der Waals surface area contributed by atoms with E-state index in [0.717, 1.165) is 0 Å². The van der Waals surface area contributed by atoms with Gasteiger partial charge in [0.25, 0.3) is 5.22 Å². The molecule has 3 rings (SSSR count). The second-order valence-corrected chi connectivity index (χ2v) is 5.29. The van der Waals surface area contributed by atoms with Crippen LogP contribution in [0.1, 0.15) is 0 Å². The van der Waals surface area contributed by atoms with E-state index >= 15 is 0 Å². The van der Waals surface area contributed by atoms with Gasteiger partial charge in [-0.1, -0.05) is 23.7 Å². The zero-order valence-electron chi connectivity index (χ0n) is 9.96. The first-order valence-corrected chi connectivity index (χ1v) is 6.73. The number of hydrogen-bond acceptors (Lipinski definition) is 3. The van der Waals surface area contributed by atoms with E-state index < -0.39 is 33.2 Å². The summed E-state index contributed by atoms with van der Waals surface area (Å²) in [6, 6.07) is 6.60. The lowest BCUT2D eigenvalue weighted by Crippen LogP contribution is -1.99. The molecule has 0 fully saturated rings. The third kappa shape index (κ3) is 2.36. The van der Waals surface area contributed by atoms with Gasteiger partial charge in [0.2, 0.25) is 0 Å². The quantitative estimate of drug-likeness (QED) is 0.367. The molecule has 0 radical (unpaired) electrons. The minimum Gasteiger partial charge on any atom is -0.431 e. The molecule has 0 spiro atoms. The molecule has 0 saturated heterocycles. The van der Waals surface area contributed by atoms with Crippen molar-refractivity contribution in [1.82, 2.24) is 4.98 Å². The average molecular weight is 334 g/mol. The van der Waals surface area contributed by atoms with E-state index in [1.807, 2.05) is 0 Å². The Kier molecular flexibility index (Phi) is 3.54. The zero-order chi connectivity index (χ0) is 15.1. The smallest absolute Gasteiger partial charge is 0.261 e. The number of nitrogens with zero attached hydrogens (tertiary/aromatic N) is 1. The Morgan fingerprint density at radius 3 is 2.19 bits per heavy atom. The first kappa shape index (κ1) is 14.2. The van der Waals surface area contributed by atoms with Gasteiger partial charge in [-0.25, -0.2) is 22.5 Å². The van der Waals surface area contributed by atoms with Crippen LogP contribution in [0.3, 0.4) is 0 Å². The molecule has 0 saturated carbocycles. The van der Waals surface area contributed by atoms with Crippen LogP contribution < -0.4 is 0 Å². The Bertz CT molecular complexity index is 790. The summed E-state index contributed by atoms with van der Waals surface area (Å²) < 4.78 is 59.3. The Hall–Kier alpha value is -1.73.